The molecular weight excluding hydrogens is 318 g/mol. The highest BCUT2D eigenvalue weighted by Crippen LogP contribution is 2.48. The third-order valence-corrected chi connectivity index (χ3v) is 5.77. The van der Waals surface area contributed by atoms with Crippen LogP contribution in [0.15, 0.2) is 58.3 Å². The van der Waals surface area contributed by atoms with E-state index in [9.17, 15) is 4.79 Å². The molecule has 2 aromatic carbocycles. The highest BCUT2D eigenvalue weighted by Gasteiger charge is 2.32. The highest BCUT2D eigenvalue weighted by atomic mass is 32.2. The van der Waals surface area contributed by atoms with Crippen LogP contribution >= 0.6 is 11.8 Å². The fourth-order valence-corrected chi connectivity index (χ4v) is 4.48. The van der Waals surface area contributed by atoms with Crippen LogP contribution in [0.4, 0.5) is 11.4 Å². The second-order valence-corrected chi connectivity index (χ2v) is 7.24. The van der Waals surface area contributed by atoms with Gasteiger partial charge in [0, 0.05) is 36.0 Å². The van der Waals surface area contributed by atoms with E-state index in [0.29, 0.717) is 0 Å². The average Bonchev–Trinajstić information content (AvgIpc) is 2.65. The molecule has 4 nitrogen and oxygen atoms in total. The average molecular weight is 339 g/mol. The first-order valence-corrected chi connectivity index (χ1v) is 9.22. The molecule has 2 heterocycles. The Morgan fingerprint density at radius 3 is 2.12 bits per heavy atom. The molecule has 0 bridgehead atoms. The number of carbonyl (C=O) groups excluding carboxylic acids is 1. The maximum Gasteiger partial charge on any atom is 0.245 e. The van der Waals surface area contributed by atoms with Gasteiger partial charge in [0.2, 0.25) is 5.91 Å². The summed E-state index contributed by atoms with van der Waals surface area (Å²) in [7, 11) is 0. The van der Waals surface area contributed by atoms with E-state index >= 15 is 0 Å². The van der Waals surface area contributed by atoms with Gasteiger partial charge in [-0.05, 0) is 31.2 Å². The zero-order valence-corrected chi connectivity index (χ0v) is 14.6. The molecule has 0 radical (unpaired) electrons. The summed E-state index contributed by atoms with van der Waals surface area (Å²) in [4.78, 5) is 19.7. The number of para-hydroxylation sites is 2. The molecule has 0 spiro atoms. The summed E-state index contributed by atoms with van der Waals surface area (Å²) in [5.74, 6) is 0.202. The van der Waals surface area contributed by atoms with E-state index < -0.39 is 0 Å². The maximum atomic E-state index is 13.1. The maximum absolute atomic E-state index is 13.1. The summed E-state index contributed by atoms with van der Waals surface area (Å²) in [5.41, 5.74) is 2.24. The summed E-state index contributed by atoms with van der Waals surface area (Å²) < 4.78 is 0. The van der Waals surface area contributed by atoms with E-state index in [-0.39, 0.29) is 11.9 Å². The number of nitrogens with zero attached hydrogens (tertiary/aromatic N) is 2. The summed E-state index contributed by atoms with van der Waals surface area (Å²) in [6.07, 6.45) is 0. The largest absolute Gasteiger partial charge is 0.338 e. The van der Waals surface area contributed by atoms with Gasteiger partial charge in [-0.2, -0.15) is 0 Å². The smallest absolute Gasteiger partial charge is 0.245 e. The Labute approximate surface area is 146 Å². The van der Waals surface area contributed by atoms with Crippen LogP contribution in [0.5, 0.6) is 0 Å². The Bertz CT molecular complexity index is 712. The highest BCUT2D eigenvalue weighted by molar-refractivity contribution is 7.99. The summed E-state index contributed by atoms with van der Waals surface area (Å²) >= 11 is 1.77. The van der Waals surface area contributed by atoms with Gasteiger partial charge in [0.05, 0.1) is 11.4 Å². The molecule has 1 unspecified atom stereocenters. The topological polar surface area (TPSA) is 35.6 Å². The first kappa shape index (κ1) is 15.5. The van der Waals surface area contributed by atoms with Crippen molar-refractivity contribution in [2.75, 3.05) is 31.1 Å². The van der Waals surface area contributed by atoms with Crippen LogP contribution in [0, 0.1) is 0 Å². The summed E-state index contributed by atoms with van der Waals surface area (Å²) in [6.45, 7) is 5.35. The normalized spacial score (nSPS) is 17.9. The minimum Gasteiger partial charge on any atom is -0.338 e. The number of hydrogen-bond acceptors (Lipinski definition) is 4. The van der Waals surface area contributed by atoms with Crippen molar-refractivity contribution < 1.29 is 4.79 Å². The molecule has 0 aromatic heterocycles. The molecule has 1 N–H and O–H groups in total. The van der Waals surface area contributed by atoms with Crippen LogP contribution in [-0.4, -0.2) is 43.0 Å². The second-order valence-electron chi connectivity index (χ2n) is 6.16. The van der Waals surface area contributed by atoms with Crippen LogP contribution in [0.2, 0.25) is 0 Å². The first-order chi connectivity index (χ1) is 11.8. The summed E-state index contributed by atoms with van der Waals surface area (Å²) in [5, 5.41) is 3.31. The lowest BCUT2D eigenvalue weighted by Gasteiger charge is -2.39. The SMILES string of the molecule is CC(C(=O)N1CCNCC1)N1c2ccccc2Sc2ccccc21. The molecule has 24 heavy (non-hydrogen) atoms. The molecule has 1 amide bonds. The number of anilines is 2. The number of rotatable bonds is 2. The van der Waals surface area contributed by atoms with E-state index in [2.05, 4.69) is 46.6 Å². The van der Waals surface area contributed by atoms with Crippen molar-refractivity contribution in [1.82, 2.24) is 10.2 Å². The second kappa shape index (κ2) is 6.49. The van der Waals surface area contributed by atoms with Crippen LogP contribution in [0.1, 0.15) is 6.92 Å². The van der Waals surface area contributed by atoms with E-state index in [4.69, 9.17) is 0 Å². The van der Waals surface area contributed by atoms with E-state index in [1.165, 1.54) is 9.79 Å². The van der Waals surface area contributed by atoms with Crippen molar-refractivity contribution in [3.8, 4) is 0 Å². The Hall–Kier alpha value is -1.98. The monoisotopic (exact) mass is 339 g/mol. The molecule has 2 aliphatic heterocycles. The molecule has 4 rings (SSSR count). The number of carbonyl (C=O) groups is 1. The van der Waals surface area contributed by atoms with E-state index in [1.54, 1.807) is 11.8 Å². The number of amides is 1. The van der Waals surface area contributed by atoms with Gasteiger partial charge in [-0.3, -0.25) is 4.79 Å². The number of benzene rings is 2. The van der Waals surface area contributed by atoms with Gasteiger partial charge in [0.1, 0.15) is 6.04 Å². The van der Waals surface area contributed by atoms with E-state index in [0.717, 1.165) is 37.6 Å². The fourth-order valence-electron chi connectivity index (χ4n) is 3.41. The molecule has 124 valence electrons. The molecule has 1 fully saturated rings. The number of piperazine rings is 1. The van der Waals surface area contributed by atoms with Crippen LogP contribution in [0.3, 0.4) is 0 Å². The Morgan fingerprint density at radius 2 is 1.54 bits per heavy atom. The Balaban J connectivity index is 1.72. The molecule has 0 aliphatic carbocycles. The molecule has 2 aromatic rings. The first-order valence-electron chi connectivity index (χ1n) is 8.40. The van der Waals surface area contributed by atoms with Gasteiger partial charge in [0.15, 0.2) is 0 Å². The van der Waals surface area contributed by atoms with Crippen LogP contribution in [-0.2, 0) is 4.79 Å². The minimum absolute atomic E-state index is 0.202. The lowest BCUT2D eigenvalue weighted by atomic mass is 10.1. The van der Waals surface area contributed by atoms with Crippen molar-refractivity contribution in [3.05, 3.63) is 48.5 Å². The summed E-state index contributed by atoms with van der Waals surface area (Å²) in [6, 6.07) is 16.5. The van der Waals surface area contributed by atoms with Gasteiger partial charge in [-0.25, -0.2) is 0 Å². The van der Waals surface area contributed by atoms with Crippen LogP contribution < -0.4 is 10.2 Å². The van der Waals surface area contributed by atoms with Gasteiger partial charge < -0.3 is 15.1 Å². The predicted molar refractivity (Wildman–Crippen MR) is 98.1 cm³/mol. The van der Waals surface area contributed by atoms with Crippen LogP contribution in [0.25, 0.3) is 0 Å². The zero-order valence-electron chi connectivity index (χ0n) is 13.7. The van der Waals surface area contributed by atoms with Crippen molar-refractivity contribution >= 4 is 29.0 Å². The van der Waals surface area contributed by atoms with Crippen molar-refractivity contribution in [1.29, 1.82) is 0 Å². The van der Waals surface area contributed by atoms with Gasteiger partial charge >= 0.3 is 0 Å². The van der Waals surface area contributed by atoms with Gasteiger partial charge in [0.25, 0.3) is 0 Å². The minimum atomic E-state index is -0.216. The van der Waals surface area contributed by atoms with Gasteiger partial charge in [-0.15, -0.1) is 0 Å². The molecular formula is C19H21N3OS. The van der Waals surface area contributed by atoms with Crippen molar-refractivity contribution in [2.45, 2.75) is 22.8 Å². The molecule has 5 heteroatoms. The third-order valence-electron chi connectivity index (χ3n) is 4.64. The molecule has 1 atom stereocenters. The van der Waals surface area contributed by atoms with Crippen molar-refractivity contribution in [3.63, 3.8) is 0 Å². The molecule has 2 aliphatic rings. The lowest BCUT2D eigenvalue weighted by molar-refractivity contribution is -0.132. The Kier molecular flexibility index (Phi) is 4.21. The number of nitrogens with one attached hydrogen (secondary N) is 1. The standard InChI is InChI=1S/C19H21N3OS/c1-14(19(23)21-12-10-20-11-13-21)22-15-6-2-4-8-17(15)24-18-9-5-3-7-16(18)22/h2-9,14,20H,10-13H2,1H3. The van der Waals surface area contributed by atoms with Crippen molar-refractivity contribution in [2.24, 2.45) is 0 Å². The van der Waals surface area contributed by atoms with Gasteiger partial charge in [-0.1, -0.05) is 36.0 Å². The fraction of sp³-hybridized carbons (Fsp3) is 0.316. The number of fused-ring (bicyclic) bond motifs is 2. The Morgan fingerprint density at radius 1 is 1.00 bits per heavy atom. The zero-order chi connectivity index (χ0) is 16.5. The lowest BCUT2D eigenvalue weighted by Crippen LogP contribution is -2.52. The molecule has 1 saturated heterocycles. The quantitative estimate of drug-likeness (QED) is 0.912. The third kappa shape index (κ3) is 2.68. The molecule has 0 saturated carbocycles. The van der Waals surface area contributed by atoms with E-state index in [1.807, 2.05) is 24.0 Å². The predicted octanol–water partition coefficient (Wildman–Crippen LogP) is 3.11. The number of hydrogen-bond donors (Lipinski definition) is 1.